The van der Waals surface area contributed by atoms with Crippen molar-refractivity contribution >= 4 is 33.7 Å². The van der Waals surface area contributed by atoms with Gasteiger partial charge in [0.25, 0.3) is 0 Å². The van der Waals surface area contributed by atoms with Crippen molar-refractivity contribution < 1.29 is 14.6 Å². The number of thioether (sulfide) groups is 1. The zero-order valence-corrected chi connectivity index (χ0v) is 18.5. The van der Waals surface area contributed by atoms with Gasteiger partial charge in [0.05, 0.1) is 11.6 Å². The molecule has 152 valence electrons. The minimum absolute atomic E-state index is 0.222. The Balaban J connectivity index is 1.71. The van der Waals surface area contributed by atoms with Crippen LogP contribution in [-0.2, 0) is 10.7 Å². The number of halogens is 1. The van der Waals surface area contributed by atoms with Gasteiger partial charge < -0.3 is 9.84 Å². The van der Waals surface area contributed by atoms with E-state index in [2.05, 4.69) is 21.0 Å². The molecule has 0 aliphatic rings. The third-order valence-electron chi connectivity index (χ3n) is 4.22. The number of carboxylic acids is 1. The number of aliphatic carboxylic acids is 1. The fourth-order valence-corrected chi connectivity index (χ4v) is 3.62. The Labute approximate surface area is 180 Å². The molecule has 0 fully saturated rings. The Morgan fingerprint density at radius 1 is 1.24 bits per heavy atom. The van der Waals surface area contributed by atoms with E-state index in [1.807, 2.05) is 43.3 Å². The highest BCUT2D eigenvalue weighted by Crippen LogP contribution is 2.28. The summed E-state index contributed by atoms with van der Waals surface area (Å²) >= 11 is 4.83. The van der Waals surface area contributed by atoms with Crippen molar-refractivity contribution in [3.05, 3.63) is 69.3 Å². The normalized spacial score (nSPS) is 11.4. The first-order valence-corrected chi connectivity index (χ1v) is 10.5. The van der Waals surface area contributed by atoms with Gasteiger partial charge in [-0.25, -0.2) is 18.8 Å². The summed E-state index contributed by atoms with van der Waals surface area (Å²) in [5.74, 6) is -0.169. The maximum atomic E-state index is 12.6. The largest absolute Gasteiger partial charge is 0.478 e. The number of rotatable bonds is 7. The molecule has 1 aromatic heterocycles. The maximum absolute atomic E-state index is 12.6. The van der Waals surface area contributed by atoms with Crippen LogP contribution in [0.5, 0.6) is 5.75 Å². The van der Waals surface area contributed by atoms with E-state index >= 15 is 0 Å². The van der Waals surface area contributed by atoms with Crippen LogP contribution in [0.25, 0.3) is 5.69 Å². The van der Waals surface area contributed by atoms with Gasteiger partial charge in [-0.05, 0) is 68.8 Å². The van der Waals surface area contributed by atoms with Crippen LogP contribution in [0.4, 0.5) is 0 Å². The summed E-state index contributed by atoms with van der Waals surface area (Å²) in [6.45, 7) is 4.86. The lowest BCUT2D eigenvalue weighted by molar-refractivity contribution is -0.152. The average Bonchev–Trinajstić information content (AvgIpc) is 3.03. The summed E-state index contributed by atoms with van der Waals surface area (Å²) in [5.41, 5.74) is 0.0247. The Morgan fingerprint density at radius 2 is 1.93 bits per heavy atom. The lowest BCUT2D eigenvalue weighted by atomic mass is 10.1. The number of carboxylic acid groups (broad SMARTS) is 1. The van der Waals surface area contributed by atoms with Gasteiger partial charge in [-0.3, -0.25) is 0 Å². The molecule has 7 nitrogen and oxygen atoms in total. The number of carbonyl (C=O) groups is 1. The van der Waals surface area contributed by atoms with Crippen molar-refractivity contribution in [3.63, 3.8) is 0 Å². The Kier molecular flexibility index (Phi) is 6.18. The molecule has 29 heavy (non-hydrogen) atoms. The first-order chi connectivity index (χ1) is 13.7. The number of aryl methyl sites for hydroxylation is 1. The standard InChI is InChI=1S/C20H20BrN3O4S/c1-13-10-16(8-9-17(13)28-20(2,3)18(25)26)29-12-24-19(27)23(11-22-24)15-6-4-14(21)5-7-15/h4-11H,12H2,1-3H3,(H,25,26). The number of nitrogens with zero attached hydrogens (tertiary/aromatic N) is 3. The quantitative estimate of drug-likeness (QED) is 0.515. The lowest BCUT2D eigenvalue weighted by Gasteiger charge is -2.23. The Morgan fingerprint density at radius 3 is 2.55 bits per heavy atom. The predicted octanol–water partition coefficient (Wildman–Crippen LogP) is 4.10. The van der Waals surface area contributed by atoms with Crippen LogP contribution in [-0.4, -0.2) is 31.0 Å². The highest BCUT2D eigenvalue weighted by molar-refractivity contribution is 9.10. The Bertz CT molecular complexity index is 1090. The molecule has 0 atom stereocenters. The molecule has 0 bridgehead atoms. The van der Waals surface area contributed by atoms with E-state index in [0.717, 1.165) is 20.6 Å². The molecule has 2 aromatic carbocycles. The van der Waals surface area contributed by atoms with Gasteiger partial charge >= 0.3 is 11.7 Å². The van der Waals surface area contributed by atoms with Crippen molar-refractivity contribution in [1.82, 2.24) is 14.3 Å². The molecule has 1 heterocycles. The Hall–Kier alpha value is -2.52. The summed E-state index contributed by atoms with van der Waals surface area (Å²) in [6, 6.07) is 12.9. The van der Waals surface area contributed by atoms with Gasteiger partial charge in [-0.2, -0.15) is 5.10 Å². The van der Waals surface area contributed by atoms with E-state index in [1.165, 1.54) is 41.2 Å². The minimum atomic E-state index is -1.31. The van der Waals surface area contributed by atoms with E-state index in [-0.39, 0.29) is 5.69 Å². The molecule has 3 aromatic rings. The molecule has 0 radical (unpaired) electrons. The van der Waals surface area contributed by atoms with Gasteiger partial charge in [-0.1, -0.05) is 15.9 Å². The zero-order valence-electron chi connectivity index (χ0n) is 16.1. The van der Waals surface area contributed by atoms with E-state index in [9.17, 15) is 14.7 Å². The molecule has 0 saturated heterocycles. The topological polar surface area (TPSA) is 86.4 Å². The van der Waals surface area contributed by atoms with Crippen LogP contribution in [0.2, 0.25) is 0 Å². The second kappa shape index (κ2) is 8.46. The van der Waals surface area contributed by atoms with Crippen molar-refractivity contribution in [3.8, 4) is 11.4 Å². The first-order valence-electron chi connectivity index (χ1n) is 8.73. The predicted molar refractivity (Wildman–Crippen MR) is 115 cm³/mol. The summed E-state index contributed by atoms with van der Waals surface area (Å²) in [7, 11) is 0. The van der Waals surface area contributed by atoms with Gasteiger partial charge in [0.2, 0.25) is 0 Å². The fourth-order valence-electron chi connectivity index (χ4n) is 2.48. The monoisotopic (exact) mass is 477 g/mol. The van der Waals surface area contributed by atoms with Crippen LogP contribution in [0, 0.1) is 6.92 Å². The highest BCUT2D eigenvalue weighted by Gasteiger charge is 2.29. The van der Waals surface area contributed by atoms with Gasteiger partial charge in [-0.15, -0.1) is 11.8 Å². The molecule has 0 aliphatic heterocycles. The number of hydrogen-bond acceptors (Lipinski definition) is 5. The average molecular weight is 478 g/mol. The number of hydrogen-bond donors (Lipinski definition) is 1. The van der Waals surface area contributed by atoms with Gasteiger partial charge in [0.15, 0.2) is 5.60 Å². The lowest BCUT2D eigenvalue weighted by Crippen LogP contribution is -2.38. The zero-order chi connectivity index (χ0) is 21.2. The number of aromatic nitrogens is 3. The van der Waals surface area contributed by atoms with Crippen molar-refractivity contribution in [2.45, 2.75) is 37.1 Å². The molecule has 0 amide bonds. The summed E-state index contributed by atoms with van der Waals surface area (Å²) < 4.78 is 9.42. The minimum Gasteiger partial charge on any atom is -0.478 e. The summed E-state index contributed by atoms with van der Waals surface area (Å²) in [5, 5.41) is 13.4. The van der Waals surface area contributed by atoms with Crippen LogP contribution >= 0.6 is 27.7 Å². The smallest absolute Gasteiger partial charge is 0.351 e. The fraction of sp³-hybridized carbons (Fsp3) is 0.250. The molecule has 0 unspecified atom stereocenters. The van der Waals surface area contributed by atoms with Gasteiger partial charge in [0.1, 0.15) is 12.1 Å². The van der Waals surface area contributed by atoms with Crippen LogP contribution in [0.1, 0.15) is 19.4 Å². The molecule has 0 saturated carbocycles. The van der Waals surface area contributed by atoms with Crippen LogP contribution in [0.3, 0.4) is 0 Å². The first kappa shape index (κ1) is 21.2. The number of ether oxygens (including phenoxy) is 1. The molecule has 1 N–H and O–H groups in total. The second-order valence-electron chi connectivity index (χ2n) is 6.88. The van der Waals surface area contributed by atoms with Crippen molar-refractivity contribution in [1.29, 1.82) is 0 Å². The van der Waals surface area contributed by atoms with E-state index in [4.69, 9.17) is 4.74 Å². The van der Waals surface area contributed by atoms with Crippen LogP contribution < -0.4 is 10.4 Å². The van der Waals surface area contributed by atoms with Crippen molar-refractivity contribution in [2.75, 3.05) is 0 Å². The van der Waals surface area contributed by atoms with Crippen molar-refractivity contribution in [2.24, 2.45) is 0 Å². The van der Waals surface area contributed by atoms with E-state index < -0.39 is 11.6 Å². The molecular weight excluding hydrogens is 458 g/mol. The molecule has 0 aliphatic carbocycles. The maximum Gasteiger partial charge on any atom is 0.351 e. The van der Waals surface area contributed by atoms with E-state index in [0.29, 0.717) is 11.6 Å². The molecular formula is C20H20BrN3O4S. The highest BCUT2D eigenvalue weighted by atomic mass is 79.9. The molecule has 0 spiro atoms. The van der Waals surface area contributed by atoms with E-state index in [1.54, 1.807) is 6.07 Å². The molecule has 3 rings (SSSR count). The number of benzene rings is 2. The molecule has 9 heteroatoms. The van der Waals surface area contributed by atoms with Gasteiger partial charge in [0, 0.05) is 9.37 Å². The third kappa shape index (κ3) is 4.91. The third-order valence-corrected chi connectivity index (χ3v) is 5.71. The SMILES string of the molecule is Cc1cc(SCn2ncn(-c3ccc(Br)cc3)c2=O)ccc1OC(C)(C)C(=O)O. The van der Waals surface area contributed by atoms with Crippen LogP contribution in [0.15, 0.2) is 63.0 Å². The second-order valence-corrected chi connectivity index (χ2v) is 8.81. The summed E-state index contributed by atoms with van der Waals surface area (Å²) in [6.07, 6.45) is 1.50. The summed E-state index contributed by atoms with van der Waals surface area (Å²) in [4.78, 5) is 24.7.